The van der Waals surface area contributed by atoms with Gasteiger partial charge in [0, 0.05) is 41.3 Å². The summed E-state index contributed by atoms with van der Waals surface area (Å²) in [6.45, 7) is 5.42. The van der Waals surface area contributed by atoms with Crippen molar-refractivity contribution < 1.29 is 12.8 Å². The molecule has 1 aliphatic carbocycles. The van der Waals surface area contributed by atoms with E-state index in [0.717, 1.165) is 40.9 Å². The van der Waals surface area contributed by atoms with E-state index in [2.05, 4.69) is 35.2 Å². The van der Waals surface area contributed by atoms with Crippen LogP contribution in [-0.4, -0.2) is 48.3 Å². The summed E-state index contributed by atoms with van der Waals surface area (Å²) in [7, 11) is -3.98. The quantitative estimate of drug-likeness (QED) is 0.274. The summed E-state index contributed by atoms with van der Waals surface area (Å²) in [5.41, 5.74) is 2.98. The Balaban J connectivity index is 1.32. The first-order valence-corrected chi connectivity index (χ1v) is 15.4. The lowest BCUT2D eigenvalue weighted by atomic mass is 9.83. The van der Waals surface area contributed by atoms with Crippen LogP contribution in [0.1, 0.15) is 48.3 Å². The lowest BCUT2D eigenvalue weighted by Gasteiger charge is -2.29. The van der Waals surface area contributed by atoms with Gasteiger partial charge in [-0.05, 0) is 70.6 Å². The highest BCUT2D eigenvalue weighted by atomic mass is 32.2. The third kappa shape index (κ3) is 5.46. The smallest absolute Gasteiger partial charge is 0.269 e. The SMILES string of the molecule is Cc1ccc(S(=O)(=O)n2cc(-c3nc(C)c(F)c(C[C@@H]4CCC[C@H](Nc5nccc(C)n5)C4)n3)c3cncnc32)cc1. The van der Waals surface area contributed by atoms with Crippen molar-refractivity contribution in [2.75, 3.05) is 5.32 Å². The average Bonchev–Trinajstić information content (AvgIpc) is 3.37. The number of halogens is 1. The van der Waals surface area contributed by atoms with Gasteiger partial charge >= 0.3 is 0 Å². The van der Waals surface area contributed by atoms with Gasteiger partial charge in [-0.3, -0.25) is 0 Å². The summed E-state index contributed by atoms with van der Waals surface area (Å²) in [6, 6.07) is 8.64. The van der Waals surface area contributed by atoms with Gasteiger partial charge in [0.25, 0.3) is 10.0 Å². The van der Waals surface area contributed by atoms with Crippen molar-refractivity contribution >= 4 is 27.0 Å². The van der Waals surface area contributed by atoms with Crippen LogP contribution >= 0.6 is 0 Å². The Morgan fingerprint density at radius 3 is 2.62 bits per heavy atom. The normalized spacial score (nSPS) is 17.4. The largest absolute Gasteiger partial charge is 0.351 e. The Kier molecular flexibility index (Phi) is 7.40. The van der Waals surface area contributed by atoms with Gasteiger partial charge in [-0.2, -0.15) is 0 Å². The number of hydrogen-bond donors (Lipinski definition) is 1. The molecule has 4 heterocycles. The average molecular weight is 587 g/mol. The maximum atomic E-state index is 15.4. The number of benzene rings is 1. The van der Waals surface area contributed by atoms with Gasteiger partial charge in [-0.25, -0.2) is 46.7 Å². The minimum atomic E-state index is -3.98. The van der Waals surface area contributed by atoms with E-state index in [0.29, 0.717) is 29.0 Å². The van der Waals surface area contributed by atoms with Gasteiger partial charge < -0.3 is 5.32 Å². The zero-order valence-electron chi connectivity index (χ0n) is 23.6. The molecular weight excluding hydrogens is 555 g/mol. The van der Waals surface area contributed by atoms with Crippen LogP contribution in [0.5, 0.6) is 0 Å². The number of anilines is 1. The van der Waals surface area contributed by atoms with Gasteiger partial charge in [0.15, 0.2) is 17.3 Å². The summed E-state index contributed by atoms with van der Waals surface area (Å²) >= 11 is 0. The minimum Gasteiger partial charge on any atom is -0.351 e. The molecule has 0 radical (unpaired) electrons. The third-order valence-electron chi connectivity index (χ3n) is 7.73. The summed E-state index contributed by atoms with van der Waals surface area (Å²) in [4.78, 5) is 26.4. The molecule has 42 heavy (non-hydrogen) atoms. The predicted octanol–water partition coefficient (Wildman–Crippen LogP) is 5.19. The first-order chi connectivity index (χ1) is 20.2. The van der Waals surface area contributed by atoms with Crippen LogP contribution < -0.4 is 5.32 Å². The van der Waals surface area contributed by atoms with Crippen molar-refractivity contribution in [3.63, 3.8) is 0 Å². The second kappa shape index (κ2) is 11.2. The van der Waals surface area contributed by atoms with E-state index in [4.69, 9.17) is 0 Å². The van der Waals surface area contributed by atoms with Crippen LogP contribution in [-0.2, 0) is 16.4 Å². The second-order valence-corrected chi connectivity index (χ2v) is 12.7. The molecule has 2 atom stereocenters. The van der Waals surface area contributed by atoms with Crippen molar-refractivity contribution in [1.82, 2.24) is 33.9 Å². The molecule has 1 fully saturated rings. The molecule has 0 bridgehead atoms. The lowest BCUT2D eigenvalue weighted by molar-refractivity contribution is 0.327. The standard InChI is InChI=1S/C30H31FN8O2S/c1-18-7-9-23(10-8-18)42(40,41)39-16-25(24-15-32-17-34-29(24)39)28-36-20(3)27(31)26(38-28)14-21-5-4-6-22(13-21)37-30-33-12-11-19(2)35-30/h7-12,15-17,21-22H,4-6,13-14H2,1-3H3,(H,33,35,37)/t21-,22+/m1/s1. The molecule has 0 spiro atoms. The summed E-state index contributed by atoms with van der Waals surface area (Å²) in [6.07, 6.45) is 10.2. The Morgan fingerprint density at radius 2 is 1.83 bits per heavy atom. The van der Waals surface area contributed by atoms with Crippen LogP contribution in [0.3, 0.4) is 0 Å². The molecule has 5 aromatic rings. The lowest BCUT2D eigenvalue weighted by Crippen LogP contribution is -2.29. The van der Waals surface area contributed by atoms with E-state index in [1.54, 1.807) is 37.4 Å². The van der Waals surface area contributed by atoms with Crippen LogP contribution in [0.15, 0.2) is 60.1 Å². The van der Waals surface area contributed by atoms with Crippen molar-refractivity contribution in [1.29, 1.82) is 0 Å². The highest BCUT2D eigenvalue weighted by Gasteiger charge is 2.27. The number of nitrogens with one attached hydrogen (secondary N) is 1. The van der Waals surface area contributed by atoms with Gasteiger partial charge in [-0.1, -0.05) is 24.1 Å². The maximum Gasteiger partial charge on any atom is 0.269 e. The fourth-order valence-corrected chi connectivity index (χ4v) is 6.90. The molecular formula is C30H31FN8O2S. The Morgan fingerprint density at radius 1 is 1.02 bits per heavy atom. The van der Waals surface area contributed by atoms with E-state index in [1.807, 2.05) is 19.9 Å². The Labute approximate surface area is 243 Å². The van der Waals surface area contributed by atoms with Crippen molar-refractivity contribution in [3.05, 3.63) is 83.7 Å². The number of fused-ring (bicyclic) bond motifs is 1. The maximum absolute atomic E-state index is 15.4. The first-order valence-electron chi connectivity index (χ1n) is 13.9. The zero-order chi connectivity index (χ0) is 29.4. The number of rotatable bonds is 7. The van der Waals surface area contributed by atoms with E-state index in [1.165, 1.54) is 18.7 Å². The predicted molar refractivity (Wildman–Crippen MR) is 157 cm³/mol. The van der Waals surface area contributed by atoms with E-state index < -0.39 is 15.8 Å². The van der Waals surface area contributed by atoms with Gasteiger partial charge in [-0.15, -0.1) is 0 Å². The summed E-state index contributed by atoms with van der Waals surface area (Å²) in [5, 5.41) is 3.90. The van der Waals surface area contributed by atoms with E-state index in [9.17, 15) is 8.42 Å². The zero-order valence-corrected chi connectivity index (χ0v) is 24.4. The van der Waals surface area contributed by atoms with Crippen molar-refractivity contribution in [3.8, 4) is 11.4 Å². The van der Waals surface area contributed by atoms with Crippen LogP contribution in [0.2, 0.25) is 0 Å². The molecule has 6 rings (SSSR count). The molecule has 1 saturated carbocycles. The van der Waals surface area contributed by atoms with Crippen LogP contribution in [0.25, 0.3) is 22.4 Å². The molecule has 0 unspecified atom stereocenters. The van der Waals surface area contributed by atoms with E-state index in [-0.39, 0.29) is 34.0 Å². The van der Waals surface area contributed by atoms with Crippen molar-refractivity contribution in [2.45, 2.75) is 63.8 Å². The van der Waals surface area contributed by atoms with Crippen molar-refractivity contribution in [2.24, 2.45) is 5.92 Å². The molecule has 0 saturated heterocycles. The minimum absolute atomic E-state index is 0.128. The van der Waals surface area contributed by atoms with Crippen LogP contribution in [0.4, 0.5) is 10.3 Å². The van der Waals surface area contributed by atoms with Gasteiger partial charge in [0.1, 0.15) is 6.33 Å². The Bertz CT molecular complexity index is 1870. The fourth-order valence-electron chi connectivity index (χ4n) is 5.58. The number of hydrogen-bond acceptors (Lipinski definition) is 9. The van der Waals surface area contributed by atoms with Gasteiger partial charge in [0.2, 0.25) is 5.95 Å². The monoisotopic (exact) mass is 586 g/mol. The molecule has 12 heteroatoms. The highest BCUT2D eigenvalue weighted by molar-refractivity contribution is 7.90. The topological polar surface area (TPSA) is 128 Å². The second-order valence-electron chi connectivity index (χ2n) is 10.9. The molecule has 4 aromatic heterocycles. The summed E-state index contributed by atoms with van der Waals surface area (Å²) in [5.74, 6) is 0.596. The molecule has 1 aromatic carbocycles. The summed E-state index contributed by atoms with van der Waals surface area (Å²) < 4.78 is 43.8. The number of aromatic nitrogens is 7. The number of aryl methyl sites for hydroxylation is 3. The molecule has 10 nitrogen and oxygen atoms in total. The molecule has 0 aliphatic heterocycles. The van der Waals surface area contributed by atoms with Gasteiger partial charge in [0.05, 0.1) is 16.3 Å². The van der Waals surface area contributed by atoms with Crippen LogP contribution in [0, 0.1) is 32.5 Å². The highest BCUT2D eigenvalue weighted by Crippen LogP contribution is 2.33. The fraction of sp³-hybridized carbons (Fsp3) is 0.333. The Hall–Kier alpha value is -4.32. The molecule has 216 valence electrons. The van der Waals surface area contributed by atoms with E-state index >= 15 is 4.39 Å². The molecule has 0 amide bonds. The number of nitrogens with zero attached hydrogens (tertiary/aromatic N) is 7. The molecule has 1 aliphatic rings. The molecule has 1 N–H and O–H groups in total. The third-order valence-corrected chi connectivity index (χ3v) is 9.40. The first kappa shape index (κ1) is 27.8.